The van der Waals surface area contributed by atoms with E-state index in [0.717, 1.165) is 125 Å². The van der Waals surface area contributed by atoms with Crippen molar-refractivity contribution in [2.24, 2.45) is 11.8 Å². The summed E-state index contributed by atoms with van der Waals surface area (Å²) in [4.78, 5) is 0. The van der Waals surface area contributed by atoms with Crippen LogP contribution in [0.15, 0.2) is 194 Å². The summed E-state index contributed by atoms with van der Waals surface area (Å²) in [6.07, 6.45) is 5.67. The summed E-state index contributed by atoms with van der Waals surface area (Å²) in [5.41, 5.74) is 18.7. The van der Waals surface area contributed by atoms with Gasteiger partial charge in [0.25, 0.3) is 0 Å². The maximum absolute atomic E-state index is 11.9. The van der Waals surface area contributed by atoms with Gasteiger partial charge in [-0.05, 0) is 160 Å². The molecular weight excluding hydrogens is 837 g/mol. The highest BCUT2D eigenvalue weighted by Crippen LogP contribution is 2.60. The molecule has 0 aliphatic heterocycles. The first kappa shape index (κ1) is 39.7. The molecular formula is C65H46N4. The zero-order valence-electron chi connectivity index (χ0n) is 38.1. The Kier molecular flexibility index (Phi) is 8.95. The number of aromatic nitrogens is 2. The summed E-state index contributed by atoms with van der Waals surface area (Å²) in [7, 11) is 0. The molecule has 2 aromatic heterocycles. The maximum atomic E-state index is 11.9. The molecule has 15 rings (SSSR count). The van der Waals surface area contributed by atoms with Crippen LogP contribution in [0.2, 0.25) is 0 Å². The van der Waals surface area contributed by atoms with Crippen molar-refractivity contribution in [2.45, 2.75) is 43.9 Å². The van der Waals surface area contributed by atoms with Gasteiger partial charge >= 0.3 is 0 Å². The Labute approximate surface area is 401 Å². The lowest BCUT2D eigenvalue weighted by molar-refractivity contribution is 0.166. The smallest absolute Gasteiger partial charge is 0.103 e. The first-order valence-corrected chi connectivity index (χ1v) is 24.5. The van der Waals surface area contributed by atoms with Gasteiger partial charge in [-0.15, -0.1) is 0 Å². The number of nitriles is 2. The van der Waals surface area contributed by atoms with Gasteiger partial charge in [-0.25, -0.2) is 0 Å². The Morgan fingerprint density at radius 2 is 0.594 bits per heavy atom. The number of nitrogens with zero attached hydrogens (tertiary/aromatic N) is 4. The van der Waals surface area contributed by atoms with E-state index in [9.17, 15) is 10.5 Å². The molecule has 4 aliphatic carbocycles. The first-order chi connectivity index (χ1) is 34.1. The third kappa shape index (κ3) is 6.12. The maximum Gasteiger partial charge on any atom is 0.103 e. The molecule has 4 nitrogen and oxygen atoms in total. The minimum absolute atomic E-state index is 0.256. The van der Waals surface area contributed by atoms with Crippen molar-refractivity contribution in [3.05, 3.63) is 216 Å². The average molecular weight is 883 g/mol. The van der Waals surface area contributed by atoms with E-state index in [1.165, 1.54) is 17.5 Å². The van der Waals surface area contributed by atoms with Crippen molar-refractivity contribution in [3.63, 3.8) is 0 Å². The molecule has 0 atom stereocenters. The number of hydrogen-bond donors (Lipinski definition) is 0. The van der Waals surface area contributed by atoms with Gasteiger partial charge in [-0.3, -0.25) is 0 Å². The van der Waals surface area contributed by atoms with Crippen molar-refractivity contribution in [3.8, 4) is 68.0 Å². The molecule has 0 spiro atoms. The van der Waals surface area contributed by atoms with E-state index in [2.05, 4.69) is 215 Å². The van der Waals surface area contributed by atoms with Crippen LogP contribution in [0.1, 0.15) is 66.2 Å². The minimum Gasteiger partial charge on any atom is -0.308 e. The van der Waals surface area contributed by atoms with Crippen LogP contribution in [0.25, 0.3) is 99.5 Å². The standard InChI is InChI=1S/C65H46N4/c66-38-56-57(39-67)65(69-60-27-23-48(44-17-9-3-10-18-44)36-54(60)55-37-49(24-28-61(55)69)45-19-11-4-12-20-45)63-51-32-40-29-41(33-51)31-50(30-40)62(63)64(56)68-58-25-21-46(42-13-5-1-6-14-42)34-52(58)53-35-47(22-26-59(53)68)43-15-7-2-8-16-43/h1-28,34-37,40-41,50-51H,29-33H2. The van der Waals surface area contributed by atoms with Crippen LogP contribution in [-0.4, -0.2) is 9.13 Å². The minimum atomic E-state index is 0.256. The highest BCUT2D eigenvalue weighted by Gasteiger charge is 2.46. The Bertz CT molecular complexity index is 3500. The molecule has 9 aromatic carbocycles. The van der Waals surface area contributed by atoms with Gasteiger partial charge in [-0.1, -0.05) is 146 Å². The third-order valence-electron chi connectivity index (χ3n) is 16.1. The van der Waals surface area contributed by atoms with E-state index < -0.39 is 0 Å². The quantitative estimate of drug-likeness (QED) is 0.167. The number of fused-ring (bicyclic) bond motifs is 6. The van der Waals surface area contributed by atoms with Gasteiger partial charge in [0.1, 0.15) is 12.1 Å². The zero-order chi connectivity index (χ0) is 45.7. The fraction of sp³-hybridized carbons (Fsp3) is 0.138. The second-order valence-electron chi connectivity index (χ2n) is 19.9. The molecule has 4 heteroatoms. The van der Waals surface area contributed by atoms with Gasteiger partial charge in [0.05, 0.1) is 44.6 Å². The molecule has 0 unspecified atom stereocenters. The van der Waals surface area contributed by atoms with Crippen molar-refractivity contribution < 1.29 is 0 Å². The summed E-state index contributed by atoms with van der Waals surface area (Å²) in [6, 6.07) is 75.3. The lowest BCUT2D eigenvalue weighted by Gasteiger charge is -2.38. The van der Waals surface area contributed by atoms with Crippen molar-refractivity contribution in [1.82, 2.24) is 9.13 Å². The first-order valence-electron chi connectivity index (χ1n) is 24.5. The molecule has 0 amide bonds. The van der Waals surface area contributed by atoms with E-state index in [1.807, 2.05) is 0 Å². The third-order valence-corrected chi connectivity index (χ3v) is 16.1. The summed E-state index contributed by atoms with van der Waals surface area (Å²) in [6.45, 7) is 0. The van der Waals surface area contributed by atoms with Gasteiger partial charge in [0, 0.05) is 21.5 Å². The average Bonchev–Trinajstić information content (AvgIpc) is 3.84. The number of benzene rings is 9. The van der Waals surface area contributed by atoms with Gasteiger partial charge in [0.2, 0.25) is 0 Å². The highest BCUT2D eigenvalue weighted by atomic mass is 15.0. The summed E-state index contributed by atoms with van der Waals surface area (Å²) < 4.78 is 4.79. The lowest BCUT2D eigenvalue weighted by atomic mass is 9.67. The Balaban J connectivity index is 1.11. The van der Waals surface area contributed by atoms with E-state index in [0.29, 0.717) is 23.0 Å². The topological polar surface area (TPSA) is 57.4 Å². The summed E-state index contributed by atoms with van der Waals surface area (Å²) >= 11 is 0. The van der Waals surface area contributed by atoms with E-state index in [4.69, 9.17) is 0 Å². The van der Waals surface area contributed by atoms with Crippen LogP contribution in [0.5, 0.6) is 0 Å². The number of rotatable bonds is 6. The Morgan fingerprint density at radius 3 is 0.855 bits per heavy atom. The molecule has 69 heavy (non-hydrogen) atoms. The Hall–Kier alpha value is -8.44. The zero-order valence-corrected chi connectivity index (χ0v) is 38.1. The van der Waals surface area contributed by atoms with E-state index in [-0.39, 0.29) is 11.8 Å². The normalized spacial score (nSPS) is 18.1. The molecule has 2 saturated carbocycles. The second kappa shape index (κ2) is 15.6. The van der Waals surface area contributed by atoms with Gasteiger partial charge in [-0.2, -0.15) is 10.5 Å². The van der Waals surface area contributed by atoms with Crippen LogP contribution in [0, 0.1) is 34.5 Å². The monoisotopic (exact) mass is 882 g/mol. The molecule has 0 N–H and O–H groups in total. The summed E-state index contributed by atoms with van der Waals surface area (Å²) in [5.74, 6) is 1.73. The fourth-order valence-electron chi connectivity index (χ4n) is 13.4. The van der Waals surface area contributed by atoms with Crippen molar-refractivity contribution in [2.75, 3.05) is 0 Å². The molecule has 0 saturated heterocycles. The Morgan fingerprint density at radius 1 is 0.319 bits per heavy atom. The van der Waals surface area contributed by atoms with Crippen LogP contribution in [0.4, 0.5) is 0 Å². The van der Waals surface area contributed by atoms with Crippen LogP contribution in [0.3, 0.4) is 0 Å². The van der Waals surface area contributed by atoms with E-state index >= 15 is 0 Å². The van der Waals surface area contributed by atoms with Crippen LogP contribution >= 0.6 is 0 Å². The van der Waals surface area contributed by atoms with Crippen LogP contribution < -0.4 is 0 Å². The van der Waals surface area contributed by atoms with Crippen molar-refractivity contribution in [1.29, 1.82) is 10.5 Å². The molecule has 2 heterocycles. The molecule has 2 fully saturated rings. The summed E-state index contributed by atoms with van der Waals surface area (Å²) in [5, 5.41) is 28.3. The molecule has 4 bridgehead atoms. The predicted octanol–water partition coefficient (Wildman–Crippen LogP) is 16.7. The molecule has 326 valence electrons. The molecule has 0 radical (unpaired) electrons. The predicted molar refractivity (Wildman–Crippen MR) is 282 cm³/mol. The largest absolute Gasteiger partial charge is 0.308 e. The SMILES string of the molecule is N#Cc1c(C#N)c(-n2c3ccc(-c4ccccc4)cc3c3cc(-c4ccccc4)ccc32)c2c(c1-n1c3ccc(-c4ccccc4)cc3c3cc(-c4ccccc4)ccc31)C1CC3CC(C1)CC2C3. The number of hydrogen-bond acceptors (Lipinski definition) is 2. The lowest BCUT2D eigenvalue weighted by Crippen LogP contribution is -2.25. The van der Waals surface area contributed by atoms with Gasteiger partial charge < -0.3 is 9.13 Å². The van der Waals surface area contributed by atoms with Crippen LogP contribution in [-0.2, 0) is 0 Å². The highest BCUT2D eigenvalue weighted by molar-refractivity contribution is 6.14. The van der Waals surface area contributed by atoms with Crippen molar-refractivity contribution >= 4 is 43.6 Å². The van der Waals surface area contributed by atoms with E-state index in [1.54, 1.807) is 0 Å². The van der Waals surface area contributed by atoms with Gasteiger partial charge in [0.15, 0.2) is 0 Å². The second-order valence-corrected chi connectivity index (χ2v) is 19.9. The molecule has 11 aromatic rings. The fourth-order valence-corrected chi connectivity index (χ4v) is 13.4. The molecule has 4 aliphatic rings.